The summed E-state index contributed by atoms with van der Waals surface area (Å²) in [6, 6.07) is 14.2. The third kappa shape index (κ3) is 6.09. The highest BCUT2D eigenvalue weighted by Gasteiger charge is 2.43. The van der Waals surface area contributed by atoms with Gasteiger partial charge in [-0.25, -0.2) is 4.39 Å². The van der Waals surface area contributed by atoms with E-state index in [1.54, 1.807) is 19.2 Å². The fourth-order valence-electron chi connectivity index (χ4n) is 4.59. The highest BCUT2D eigenvalue weighted by Crippen LogP contribution is 2.26. The molecule has 2 saturated heterocycles. The molecule has 7 nitrogen and oxygen atoms in total. The van der Waals surface area contributed by atoms with Crippen LogP contribution in [0.3, 0.4) is 0 Å². The molecule has 0 saturated carbocycles. The van der Waals surface area contributed by atoms with E-state index in [2.05, 4.69) is 20.9 Å². The van der Waals surface area contributed by atoms with Crippen LogP contribution in [-0.4, -0.2) is 55.0 Å². The van der Waals surface area contributed by atoms with Gasteiger partial charge in [-0.3, -0.25) is 14.5 Å². The van der Waals surface area contributed by atoms with Gasteiger partial charge in [0.25, 0.3) is 0 Å². The molecule has 2 aliphatic heterocycles. The van der Waals surface area contributed by atoms with E-state index < -0.39 is 0 Å². The van der Waals surface area contributed by atoms with Gasteiger partial charge in [-0.05, 0) is 48.2 Å². The van der Waals surface area contributed by atoms with Crippen molar-refractivity contribution in [3.05, 3.63) is 65.5 Å². The van der Waals surface area contributed by atoms with Crippen LogP contribution in [0.4, 0.5) is 4.39 Å². The first-order valence-corrected chi connectivity index (χ1v) is 11.4. The van der Waals surface area contributed by atoms with E-state index >= 15 is 0 Å². The fourth-order valence-corrected chi connectivity index (χ4v) is 4.59. The van der Waals surface area contributed by atoms with Gasteiger partial charge in [0.15, 0.2) is 0 Å². The molecule has 2 heterocycles. The van der Waals surface area contributed by atoms with Crippen LogP contribution in [0.5, 0.6) is 5.75 Å². The van der Waals surface area contributed by atoms with Gasteiger partial charge in [-0.2, -0.15) is 0 Å². The Bertz CT molecular complexity index is 951. The van der Waals surface area contributed by atoms with Crippen molar-refractivity contribution in [2.45, 2.75) is 50.5 Å². The summed E-state index contributed by atoms with van der Waals surface area (Å²) in [6.07, 6.45) is 1.83. The number of methoxy groups -OCH3 is 1. The number of fused-ring (bicyclic) bond motifs is 1. The van der Waals surface area contributed by atoms with Gasteiger partial charge < -0.3 is 20.7 Å². The minimum absolute atomic E-state index is 0.00412. The average Bonchev–Trinajstić information content (AvgIpc) is 3.28. The number of halogens is 1. The number of piperazine rings is 1. The van der Waals surface area contributed by atoms with Crippen molar-refractivity contribution in [2.24, 2.45) is 0 Å². The molecule has 0 bridgehead atoms. The summed E-state index contributed by atoms with van der Waals surface area (Å²) in [7, 11) is 1.62. The van der Waals surface area contributed by atoms with Crippen molar-refractivity contribution in [2.75, 3.05) is 20.2 Å². The smallest absolute Gasteiger partial charge is 0.237 e. The van der Waals surface area contributed by atoms with Gasteiger partial charge in [-0.1, -0.05) is 24.3 Å². The molecule has 3 atom stereocenters. The number of nitrogens with zero attached hydrogens (tertiary/aromatic N) is 1. The van der Waals surface area contributed by atoms with Gasteiger partial charge in [0.2, 0.25) is 11.8 Å². The molecule has 2 aliphatic rings. The van der Waals surface area contributed by atoms with Crippen molar-refractivity contribution in [1.29, 1.82) is 0 Å². The average molecular weight is 455 g/mol. The van der Waals surface area contributed by atoms with Crippen molar-refractivity contribution in [1.82, 2.24) is 20.9 Å². The molecule has 33 heavy (non-hydrogen) atoms. The maximum atomic E-state index is 13.1. The quantitative estimate of drug-likeness (QED) is 0.540. The molecule has 0 aromatic heterocycles. The van der Waals surface area contributed by atoms with E-state index in [1.165, 1.54) is 12.1 Å². The molecule has 8 heteroatoms. The maximum Gasteiger partial charge on any atom is 0.237 e. The molecule has 2 aromatic rings. The lowest BCUT2D eigenvalue weighted by Gasteiger charge is -2.37. The van der Waals surface area contributed by atoms with E-state index in [4.69, 9.17) is 4.74 Å². The molecule has 0 aliphatic carbocycles. The lowest BCUT2D eigenvalue weighted by atomic mass is 10.0. The molecule has 0 radical (unpaired) electrons. The van der Waals surface area contributed by atoms with E-state index in [1.807, 2.05) is 24.3 Å². The number of nitrogens with one attached hydrogen (secondary N) is 3. The third-order valence-corrected chi connectivity index (χ3v) is 6.48. The number of amides is 2. The first kappa shape index (κ1) is 23.2. The van der Waals surface area contributed by atoms with Gasteiger partial charge in [0, 0.05) is 44.7 Å². The zero-order valence-corrected chi connectivity index (χ0v) is 18.9. The van der Waals surface area contributed by atoms with Crippen LogP contribution < -0.4 is 20.7 Å². The lowest BCUT2D eigenvalue weighted by Crippen LogP contribution is -2.58. The highest BCUT2D eigenvalue weighted by molar-refractivity contribution is 5.83. The monoisotopic (exact) mass is 454 g/mol. The largest absolute Gasteiger partial charge is 0.497 e. The number of hydrogen-bond acceptors (Lipinski definition) is 5. The minimum atomic E-state index is -0.246. The molecular formula is C25H31FN4O3. The number of carbonyl (C=O) groups is 2. The third-order valence-electron chi connectivity index (χ3n) is 6.48. The second-order valence-corrected chi connectivity index (χ2v) is 8.72. The Morgan fingerprint density at radius 3 is 2.55 bits per heavy atom. The summed E-state index contributed by atoms with van der Waals surface area (Å²) in [4.78, 5) is 27.1. The fraction of sp³-hybridized carbons (Fsp3) is 0.440. The zero-order valence-electron chi connectivity index (χ0n) is 18.9. The highest BCUT2D eigenvalue weighted by atomic mass is 19.1. The molecule has 4 rings (SSSR count). The van der Waals surface area contributed by atoms with Crippen molar-refractivity contribution in [3.63, 3.8) is 0 Å². The van der Waals surface area contributed by atoms with Crippen molar-refractivity contribution in [3.8, 4) is 5.75 Å². The second kappa shape index (κ2) is 10.8. The molecule has 2 aromatic carbocycles. The lowest BCUT2D eigenvalue weighted by molar-refractivity contribution is -0.129. The van der Waals surface area contributed by atoms with Crippen LogP contribution in [0.25, 0.3) is 0 Å². The van der Waals surface area contributed by atoms with E-state index in [0.29, 0.717) is 32.5 Å². The van der Waals surface area contributed by atoms with Crippen LogP contribution in [-0.2, 0) is 22.7 Å². The number of hydrogen-bond donors (Lipinski definition) is 3. The van der Waals surface area contributed by atoms with Crippen molar-refractivity contribution < 1.29 is 18.7 Å². The van der Waals surface area contributed by atoms with Crippen LogP contribution in [0, 0.1) is 5.82 Å². The number of benzene rings is 2. The number of rotatable bonds is 9. The van der Waals surface area contributed by atoms with Crippen LogP contribution >= 0.6 is 0 Å². The number of carbonyl (C=O) groups excluding carboxylic acids is 2. The maximum absolute atomic E-state index is 13.1. The number of ether oxygens (including phenoxy) is 1. The van der Waals surface area contributed by atoms with E-state index in [9.17, 15) is 14.0 Å². The Kier molecular flexibility index (Phi) is 7.57. The van der Waals surface area contributed by atoms with E-state index in [-0.39, 0.29) is 35.8 Å². The summed E-state index contributed by atoms with van der Waals surface area (Å²) >= 11 is 0. The molecule has 0 spiro atoms. The van der Waals surface area contributed by atoms with E-state index in [0.717, 1.165) is 29.8 Å². The van der Waals surface area contributed by atoms with Crippen LogP contribution in [0.15, 0.2) is 48.5 Å². The first-order valence-electron chi connectivity index (χ1n) is 11.4. The minimum Gasteiger partial charge on any atom is -0.497 e. The molecular weight excluding hydrogens is 423 g/mol. The SMILES string of the molecule is COc1ccc(CNC(=O)CC[C@H]2CNC(=O)[C@H]3C[C@H](NCc4ccc(F)cc4)CN23)cc1. The summed E-state index contributed by atoms with van der Waals surface area (Å²) in [5.74, 6) is 0.602. The Labute approximate surface area is 193 Å². The van der Waals surface area contributed by atoms with Gasteiger partial charge >= 0.3 is 0 Å². The van der Waals surface area contributed by atoms with Gasteiger partial charge in [0.1, 0.15) is 11.6 Å². The Morgan fingerprint density at radius 2 is 1.82 bits per heavy atom. The summed E-state index contributed by atoms with van der Waals surface area (Å²) in [5, 5.41) is 9.47. The Morgan fingerprint density at radius 1 is 1.12 bits per heavy atom. The van der Waals surface area contributed by atoms with Crippen LogP contribution in [0.2, 0.25) is 0 Å². The van der Waals surface area contributed by atoms with Crippen molar-refractivity contribution >= 4 is 11.8 Å². The molecule has 0 unspecified atom stereocenters. The summed E-state index contributed by atoms with van der Waals surface area (Å²) in [6.45, 7) is 2.43. The Balaban J connectivity index is 1.24. The summed E-state index contributed by atoms with van der Waals surface area (Å²) < 4.78 is 18.3. The van der Waals surface area contributed by atoms with Gasteiger partial charge in [0.05, 0.1) is 13.2 Å². The topological polar surface area (TPSA) is 82.7 Å². The molecule has 2 fully saturated rings. The zero-order chi connectivity index (χ0) is 23.2. The van der Waals surface area contributed by atoms with Gasteiger partial charge in [-0.15, -0.1) is 0 Å². The predicted octanol–water partition coefficient (Wildman–Crippen LogP) is 1.96. The molecule has 176 valence electrons. The van der Waals surface area contributed by atoms with Crippen LogP contribution in [0.1, 0.15) is 30.4 Å². The molecule has 3 N–H and O–H groups in total. The Hall–Kier alpha value is -2.97. The predicted molar refractivity (Wildman–Crippen MR) is 123 cm³/mol. The molecule has 2 amide bonds. The summed E-state index contributed by atoms with van der Waals surface area (Å²) in [5.41, 5.74) is 2.03. The second-order valence-electron chi connectivity index (χ2n) is 8.72. The standard InChI is InChI=1S/C25H31FN4O3/c1-33-22-9-4-18(5-10-22)14-28-24(31)11-8-21-15-29-25(32)23-12-20(16-30(21)23)27-13-17-2-6-19(26)7-3-17/h2-7,9-10,20-21,23,27H,8,11-16H2,1H3,(H,28,31)(H,29,32)/t20-,21-,23+/m0/s1. The normalized spacial score (nSPS) is 22.5. The first-order chi connectivity index (χ1) is 16.0.